The van der Waals surface area contributed by atoms with Gasteiger partial charge in [0.15, 0.2) is 0 Å². The van der Waals surface area contributed by atoms with Gasteiger partial charge < -0.3 is 12.9 Å². The molecule has 6 heteroatoms. The Labute approximate surface area is 152 Å². The zero-order chi connectivity index (χ0) is 13.0. The zero-order valence-corrected chi connectivity index (χ0v) is 13.6. The Morgan fingerprint density at radius 3 is 2.11 bits per heavy atom. The van der Waals surface area contributed by atoms with Crippen LogP contribution in [-0.4, -0.2) is 12.0 Å². The first-order valence-electron chi connectivity index (χ1n) is 5.45. The molecule has 0 amide bonds. The van der Waals surface area contributed by atoms with Crippen molar-refractivity contribution in [2.75, 3.05) is 0 Å². The molecule has 1 aromatic carbocycles. The van der Waals surface area contributed by atoms with Crippen LogP contribution >= 0.6 is 0 Å². The number of hydrogen-bond acceptors (Lipinski definition) is 1. The van der Waals surface area contributed by atoms with Crippen LogP contribution in [0.15, 0.2) is 48.7 Å². The molecular formula is C13H10BF3KN. The molecule has 0 fully saturated rings. The van der Waals surface area contributed by atoms with E-state index in [1.807, 2.05) is 30.3 Å². The summed E-state index contributed by atoms with van der Waals surface area (Å²) in [6.45, 7) is -4.96. The van der Waals surface area contributed by atoms with Gasteiger partial charge in [-0.1, -0.05) is 47.9 Å². The van der Waals surface area contributed by atoms with Crippen molar-refractivity contribution >= 4 is 24.6 Å². The van der Waals surface area contributed by atoms with E-state index in [1.165, 1.54) is 6.07 Å². The van der Waals surface area contributed by atoms with Crippen molar-refractivity contribution in [3.05, 3.63) is 59.9 Å². The quantitative estimate of drug-likeness (QED) is 0.741. The molecule has 0 unspecified atom stereocenters. The van der Waals surface area contributed by atoms with E-state index < -0.39 is 12.4 Å². The molecule has 0 saturated heterocycles. The van der Waals surface area contributed by atoms with E-state index in [-0.39, 0.29) is 51.4 Å². The van der Waals surface area contributed by atoms with Crippen LogP contribution in [0.3, 0.4) is 0 Å². The maximum Gasteiger partial charge on any atom is 1.00 e. The summed E-state index contributed by atoms with van der Waals surface area (Å²) in [7, 11) is 0. The minimum Gasteiger partial charge on any atom is -0.445 e. The Bertz CT molecular complexity index is 538. The second-order valence-corrected chi connectivity index (χ2v) is 3.84. The van der Waals surface area contributed by atoms with Crippen molar-refractivity contribution in [3.8, 4) is 0 Å². The van der Waals surface area contributed by atoms with E-state index in [2.05, 4.69) is 4.98 Å². The van der Waals surface area contributed by atoms with E-state index in [1.54, 1.807) is 12.2 Å². The number of aromatic nitrogens is 1. The Hall–Kier alpha value is -0.399. The number of rotatable bonds is 3. The van der Waals surface area contributed by atoms with Crippen LogP contribution < -0.4 is 56.8 Å². The molecule has 1 aromatic heterocycles. The molecule has 1 heterocycles. The van der Waals surface area contributed by atoms with Crippen molar-refractivity contribution in [1.82, 2.24) is 4.98 Å². The molecule has 0 aliphatic rings. The predicted octanol–water partition coefficient (Wildman–Crippen LogP) is 0.310. The van der Waals surface area contributed by atoms with Crippen LogP contribution in [0.2, 0.25) is 0 Å². The first-order valence-corrected chi connectivity index (χ1v) is 5.45. The van der Waals surface area contributed by atoms with Crippen LogP contribution in [-0.2, 0) is 0 Å². The van der Waals surface area contributed by atoms with E-state index in [4.69, 9.17) is 0 Å². The van der Waals surface area contributed by atoms with Crippen LogP contribution in [0, 0.1) is 0 Å². The normalized spacial score (nSPS) is 11.3. The second kappa shape index (κ2) is 7.40. The molecule has 0 N–H and O–H groups in total. The van der Waals surface area contributed by atoms with Gasteiger partial charge in [-0.05, 0) is 17.7 Å². The van der Waals surface area contributed by atoms with Crippen molar-refractivity contribution in [2.24, 2.45) is 0 Å². The molecule has 92 valence electrons. The summed E-state index contributed by atoms with van der Waals surface area (Å²) < 4.78 is 37.1. The molecule has 19 heavy (non-hydrogen) atoms. The average molecular weight is 287 g/mol. The number of halogens is 3. The van der Waals surface area contributed by atoms with Crippen LogP contribution in [0.4, 0.5) is 12.9 Å². The predicted molar refractivity (Wildman–Crippen MR) is 68.3 cm³/mol. The van der Waals surface area contributed by atoms with Crippen molar-refractivity contribution in [3.63, 3.8) is 0 Å². The monoisotopic (exact) mass is 287 g/mol. The molecule has 0 radical (unpaired) electrons. The molecule has 2 rings (SSSR count). The fourth-order valence-corrected chi connectivity index (χ4v) is 1.45. The summed E-state index contributed by atoms with van der Waals surface area (Å²) in [4.78, 5) is 3.77. The third kappa shape index (κ3) is 5.24. The standard InChI is InChI=1S/C13H10BF3N.K/c15-14(16,17)12-7-9-13(18-10-12)8-6-11-4-2-1-3-5-11;/h1-10H;/q-1;+1/b8-6+;. The Morgan fingerprint density at radius 1 is 0.895 bits per heavy atom. The molecule has 0 spiro atoms. The number of benzene rings is 1. The maximum absolute atomic E-state index is 12.4. The Morgan fingerprint density at radius 2 is 1.58 bits per heavy atom. The van der Waals surface area contributed by atoms with Gasteiger partial charge in [0.2, 0.25) is 0 Å². The summed E-state index contributed by atoms with van der Waals surface area (Å²) in [5.74, 6) is 0. The molecule has 0 aliphatic carbocycles. The minimum atomic E-state index is -4.96. The van der Waals surface area contributed by atoms with E-state index in [0.29, 0.717) is 5.69 Å². The average Bonchev–Trinajstić information content (AvgIpc) is 2.37. The number of pyridine rings is 1. The molecule has 0 saturated carbocycles. The number of hydrogen-bond donors (Lipinski definition) is 0. The van der Waals surface area contributed by atoms with Crippen LogP contribution in [0.5, 0.6) is 0 Å². The van der Waals surface area contributed by atoms with Gasteiger partial charge in [0.1, 0.15) is 0 Å². The zero-order valence-electron chi connectivity index (χ0n) is 10.4. The Balaban J connectivity index is 0.00000180. The topological polar surface area (TPSA) is 12.9 Å². The summed E-state index contributed by atoms with van der Waals surface area (Å²) in [6, 6.07) is 11.9. The largest absolute Gasteiger partial charge is 1.00 e. The first-order chi connectivity index (χ1) is 8.55. The summed E-state index contributed by atoms with van der Waals surface area (Å²) in [5, 5.41) is 0. The molecule has 0 atom stereocenters. The third-order valence-corrected chi connectivity index (χ3v) is 2.43. The summed E-state index contributed by atoms with van der Waals surface area (Å²) >= 11 is 0. The van der Waals surface area contributed by atoms with Crippen molar-refractivity contribution < 1.29 is 64.3 Å². The van der Waals surface area contributed by atoms with Gasteiger partial charge >= 0.3 is 58.4 Å². The van der Waals surface area contributed by atoms with Crippen molar-refractivity contribution in [1.29, 1.82) is 0 Å². The molecule has 0 aliphatic heterocycles. The number of nitrogens with zero attached hydrogens (tertiary/aromatic N) is 1. The maximum atomic E-state index is 12.4. The van der Waals surface area contributed by atoms with Gasteiger partial charge in [-0.3, -0.25) is 4.98 Å². The van der Waals surface area contributed by atoms with Crippen LogP contribution in [0.25, 0.3) is 12.2 Å². The summed E-state index contributed by atoms with van der Waals surface area (Å²) in [6.07, 6.45) is 4.36. The first kappa shape index (κ1) is 16.7. The Kier molecular flexibility index (Phi) is 6.49. The molecule has 0 bridgehead atoms. The van der Waals surface area contributed by atoms with Gasteiger partial charge in [0.25, 0.3) is 0 Å². The van der Waals surface area contributed by atoms with E-state index in [0.717, 1.165) is 17.8 Å². The van der Waals surface area contributed by atoms with Crippen LogP contribution in [0.1, 0.15) is 11.3 Å². The molecule has 1 nitrogen and oxygen atoms in total. The van der Waals surface area contributed by atoms with E-state index >= 15 is 0 Å². The summed E-state index contributed by atoms with van der Waals surface area (Å²) in [5.41, 5.74) is 0.804. The molecular weight excluding hydrogens is 277 g/mol. The SMILES string of the molecule is F[B-](F)(F)c1ccc(/C=C/c2ccccc2)nc1.[K+]. The smallest absolute Gasteiger partial charge is 0.445 e. The van der Waals surface area contributed by atoms with Gasteiger partial charge in [-0.25, -0.2) is 0 Å². The fourth-order valence-electron chi connectivity index (χ4n) is 1.45. The van der Waals surface area contributed by atoms with Gasteiger partial charge in [-0.15, -0.1) is 0 Å². The second-order valence-electron chi connectivity index (χ2n) is 3.84. The van der Waals surface area contributed by atoms with Gasteiger partial charge in [0.05, 0.1) is 5.69 Å². The van der Waals surface area contributed by atoms with Gasteiger partial charge in [0, 0.05) is 6.20 Å². The molecule has 2 aromatic rings. The van der Waals surface area contributed by atoms with E-state index in [9.17, 15) is 12.9 Å². The fraction of sp³-hybridized carbons (Fsp3) is 0. The van der Waals surface area contributed by atoms with Gasteiger partial charge in [-0.2, -0.15) is 0 Å². The van der Waals surface area contributed by atoms with Crippen molar-refractivity contribution in [2.45, 2.75) is 0 Å². The minimum absolute atomic E-state index is 0. The third-order valence-electron chi connectivity index (χ3n) is 2.43.